The van der Waals surface area contributed by atoms with E-state index in [2.05, 4.69) is 27.7 Å². The molecule has 0 fully saturated rings. The fourth-order valence-electron chi connectivity index (χ4n) is 2.34. The van der Waals surface area contributed by atoms with Gasteiger partial charge in [-0.1, -0.05) is 27.7 Å². The van der Waals surface area contributed by atoms with E-state index in [0.29, 0.717) is 0 Å². The van der Waals surface area contributed by atoms with Crippen molar-refractivity contribution >= 4 is 69.7 Å². The Morgan fingerprint density at radius 1 is 0.789 bits per heavy atom. The van der Waals surface area contributed by atoms with Crippen LogP contribution in [0.4, 0.5) is 0 Å². The van der Waals surface area contributed by atoms with Gasteiger partial charge < -0.3 is 15.3 Å². The third-order valence-corrected chi connectivity index (χ3v) is 7.65. The molecular weight excluding hydrogens is 310 g/mol. The second-order valence-electron chi connectivity index (χ2n) is 4.32. The maximum absolute atomic E-state index is 8.74. The zero-order valence-electron chi connectivity index (χ0n) is 12.4. The van der Waals surface area contributed by atoms with E-state index in [9.17, 15) is 0 Å². The SMILES string of the molecule is CCCS(CCC)(CCC)CCC.O.O=[PH](O)O.[KH]. The summed E-state index contributed by atoms with van der Waals surface area (Å²) in [5.74, 6) is 6.12. The van der Waals surface area contributed by atoms with Crippen molar-refractivity contribution in [2.45, 2.75) is 53.4 Å². The van der Waals surface area contributed by atoms with Gasteiger partial charge in [0.15, 0.2) is 0 Å². The van der Waals surface area contributed by atoms with Gasteiger partial charge in [-0.15, -0.1) is 0 Å². The van der Waals surface area contributed by atoms with E-state index in [-0.39, 0.29) is 66.9 Å². The molecular formula is C12H34KO4PS. The average Bonchev–Trinajstić information content (AvgIpc) is 2.18. The Kier molecular flexibility index (Phi) is 30.8. The third-order valence-electron chi connectivity index (χ3n) is 2.55. The molecule has 0 atom stereocenters. The van der Waals surface area contributed by atoms with Crippen LogP contribution in [0.1, 0.15) is 53.4 Å². The predicted octanol–water partition coefficient (Wildman–Crippen LogP) is 2.32. The molecule has 0 spiro atoms. The first kappa shape index (κ1) is 29.1. The Bertz CT molecular complexity index is 163. The van der Waals surface area contributed by atoms with Crippen LogP contribution in [-0.4, -0.2) is 89.7 Å². The molecule has 0 radical (unpaired) electrons. The molecule has 0 aliphatic rings. The van der Waals surface area contributed by atoms with Gasteiger partial charge in [-0.05, 0) is 48.7 Å². The van der Waals surface area contributed by atoms with Crippen molar-refractivity contribution in [3.8, 4) is 0 Å². The molecule has 118 valence electrons. The summed E-state index contributed by atoms with van der Waals surface area (Å²) in [5, 5.41) is 0. The maximum atomic E-state index is 8.74. The Balaban J connectivity index is -0.000000165. The molecule has 0 aliphatic carbocycles. The molecule has 0 bridgehead atoms. The first-order valence-corrected chi connectivity index (χ1v) is 10.2. The van der Waals surface area contributed by atoms with Gasteiger partial charge in [-0.3, -0.25) is 4.57 Å². The van der Waals surface area contributed by atoms with Crippen molar-refractivity contribution in [2.24, 2.45) is 0 Å². The van der Waals surface area contributed by atoms with Gasteiger partial charge in [0, 0.05) is 0 Å². The van der Waals surface area contributed by atoms with Crippen LogP contribution < -0.4 is 0 Å². The fourth-order valence-corrected chi connectivity index (χ4v) is 7.03. The van der Waals surface area contributed by atoms with Gasteiger partial charge >= 0.3 is 59.6 Å². The second kappa shape index (κ2) is 20.1. The van der Waals surface area contributed by atoms with Gasteiger partial charge in [0.25, 0.3) is 0 Å². The predicted molar refractivity (Wildman–Crippen MR) is 92.4 cm³/mol. The molecule has 0 heterocycles. The van der Waals surface area contributed by atoms with Crippen LogP contribution in [0.15, 0.2) is 0 Å². The Morgan fingerprint density at radius 3 is 1.05 bits per heavy atom. The Labute approximate surface area is 164 Å². The van der Waals surface area contributed by atoms with Crippen LogP contribution in [0.3, 0.4) is 0 Å². The summed E-state index contributed by atoms with van der Waals surface area (Å²) in [7, 11) is -3.33. The van der Waals surface area contributed by atoms with E-state index in [0.717, 1.165) is 0 Å². The van der Waals surface area contributed by atoms with E-state index in [1.807, 2.05) is 0 Å². The molecule has 0 rings (SSSR count). The van der Waals surface area contributed by atoms with Crippen LogP contribution in [0.5, 0.6) is 0 Å². The van der Waals surface area contributed by atoms with Crippen LogP contribution in [0.2, 0.25) is 0 Å². The first-order chi connectivity index (χ1) is 7.97. The zero-order valence-corrected chi connectivity index (χ0v) is 14.2. The van der Waals surface area contributed by atoms with E-state index in [1.165, 1.54) is 48.7 Å². The summed E-state index contributed by atoms with van der Waals surface area (Å²) < 4.78 is 8.74. The van der Waals surface area contributed by atoms with Crippen LogP contribution >= 0.6 is 18.3 Å². The van der Waals surface area contributed by atoms with Gasteiger partial charge in [0.1, 0.15) is 0 Å². The Hall–Kier alpha value is 2.10. The number of rotatable bonds is 8. The van der Waals surface area contributed by atoms with Gasteiger partial charge in [-0.25, -0.2) is 10.0 Å². The van der Waals surface area contributed by atoms with E-state index < -0.39 is 8.25 Å². The molecule has 19 heavy (non-hydrogen) atoms. The number of hydrogen-bond donors (Lipinski definition) is 2. The summed E-state index contributed by atoms with van der Waals surface area (Å²) in [6, 6.07) is 0. The monoisotopic (exact) mass is 344 g/mol. The summed E-state index contributed by atoms with van der Waals surface area (Å²) in [6.45, 7) is 9.40. The van der Waals surface area contributed by atoms with Crippen molar-refractivity contribution < 1.29 is 19.8 Å². The van der Waals surface area contributed by atoms with Crippen molar-refractivity contribution in [1.82, 2.24) is 0 Å². The molecule has 0 aromatic rings. The van der Waals surface area contributed by atoms with E-state index >= 15 is 0 Å². The minimum atomic E-state index is -3.13. The molecule has 0 aromatic carbocycles. The Morgan fingerprint density at radius 2 is 0.947 bits per heavy atom. The van der Waals surface area contributed by atoms with Crippen molar-refractivity contribution in [1.29, 1.82) is 0 Å². The number of hydrogen-bond acceptors (Lipinski definition) is 1. The van der Waals surface area contributed by atoms with Crippen LogP contribution in [0, 0.1) is 0 Å². The molecule has 0 saturated carbocycles. The van der Waals surface area contributed by atoms with E-state index in [1.54, 1.807) is 0 Å². The topological polar surface area (TPSA) is 89.0 Å². The zero-order chi connectivity index (χ0) is 13.7. The molecule has 4 nitrogen and oxygen atoms in total. The van der Waals surface area contributed by atoms with Crippen molar-refractivity contribution in [3.63, 3.8) is 0 Å². The fraction of sp³-hybridized carbons (Fsp3) is 1.00. The second-order valence-corrected chi connectivity index (χ2v) is 8.97. The first-order valence-electron chi connectivity index (χ1n) is 6.63. The summed E-state index contributed by atoms with van der Waals surface area (Å²) >= 11 is 0. The molecule has 0 saturated heterocycles. The average molecular weight is 345 g/mol. The van der Waals surface area contributed by atoms with Gasteiger partial charge in [0.05, 0.1) is 0 Å². The third kappa shape index (κ3) is 20.1. The standard InChI is InChI=1S/C12H28S.K.H3O3P.H2O.H/c1-5-9-13(10-6-2,11-7-3)12-8-4;;1-4(2)3;;/h5-12H2,1-4H3;;4H,(H2,1,2,3);1H2;. The molecule has 0 unspecified atom stereocenters. The van der Waals surface area contributed by atoms with Crippen LogP contribution in [0.25, 0.3) is 0 Å². The van der Waals surface area contributed by atoms with E-state index in [4.69, 9.17) is 14.4 Å². The molecule has 0 amide bonds. The molecule has 0 aliphatic heterocycles. The molecule has 4 N–H and O–H groups in total. The summed E-state index contributed by atoms with van der Waals surface area (Å²) in [5.41, 5.74) is 0. The molecule has 0 aromatic heterocycles. The minimum absolute atomic E-state index is 0. The normalized spacial score (nSPS) is 10.9. The molecule has 7 heteroatoms. The van der Waals surface area contributed by atoms with Crippen molar-refractivity contribution in [2.75, 3.05) is 23.0 Å². The van der Waals surface area contributed by atoms with Crippen molar-refractivity contribution in [3.05, 3.63) is 0 Å². The summed E-state index contributed by atoms with van der Waals surface area (Å²) in [4.78, 5) is 14.3. The van der Waals surface area contributed by atoms with Gasteiger partial charge in [-0.2, -0.15) is 0 Å². The summed E-state index contributed by atoms with van der Waals surface area (Å²) in [6.07, 6.45) is 5.59. The van der Waals surface area contributed by atoms with Crippen LogP contribution in [-0.2, 0) is 4.57 Å². The van der Waals surface area contributed by atoms with Gasteiger partial charge in [0.2, 0.25) is 0 Å². The quantitative estimate of drug-likeness (QED) is 0.523.